The van der Waals surface area contributed by atoms with Gasteiger partial charge in [0.1, 0.15) is 0 Å². The van der Waals surface area contributed by atoms with Crippen LogP contribution in [0.5, 0.6) is 0 Å². The van der Waals surface area contributed by atoms with Gasteiger partial charge in [0, 0.05) is 28.1 Å². The summed E-state index contributed by atoms with van der Waals surface area (Å²) in [5, 5.41) is 2.76. The van der Waals surface area contributed by atoms with Crippen molar-refractivity contribution in [1.29, 1.82) is 0 Å². The lowest BCUT2D eigenvalue weighted by atomic mass is 10.2. The monoisotopic (exact) mass is 521 g/mol. The summed E-state index contributed by atoms with van der Waals surface area (Å²) in [6.07, 6.45) is -8.77. The molecule has 5 N–H and O–H groups in total. The molecule has 0 aliphatic carbocycles. The van der Waals surface area contributed by atoms with Gasteiger partial charge in [-0.25, -0.2) is 0 Å². The van der Waals surface area contributed by atoms with Crippen molar-refractivity contribution in [1.82, 2.24) is 0 Å². The first-order chi connectivity index (χ1) is 15.7. The van der Waals surface area contributed by atoms with Crippen LogP contribution in [-0.4, -0.2) is 5.91 Å². The number of benzene rings is 3. The largest absolute Gasteiger partial charge is 0.416 e. The Morgan fingerprint density at radius 3 is 1.76 bits per heavy atom. The minimum Gasteiger partial charge on any atom is -0.398 e. The molecule has 0 saturated heterocycles. The molecule has 0 saturated carbocycles. The molecule has 0 fully saturated rings. The van der Waals surface area contributed by atoms with Crippen molar-refractivity contribution in [2.75, 3.05) is 16.8 Å². The Bertz CT molecular complexity index is 1150. The Labute approximate surface area is 200 Å². The van der Waals surface area contributed by atoms with Crippen molar-refractivity contribution in [2.45, 2.75) is 29.1 Å². The second kappa shape index (κ2) is 10.9. The van der Waals surface area contributed by atoms with Crippen LogP contribution in [0.2, 0.25) is 5.02 Å². The van der Waals surface area contributed by atoms with Gasteiger partial charge in [-0.2, -0.15) is 26.3 Å². The van der Waals surface area contributed by atoms with Gasteiger partial charge in [0.05, 0.1) is 21.8 Å². The van der Waals surface area contributed by atoms with E-state index in [4.69, 9.17) is 23.1 Å². The molecule has 3 rings (SSSR count). The van der Waals surface area contributed by atoms with E-state index in [-0.39, 0.29) is 22.3 Å². The Balaban J connectivity index is 0.000000287. The van der Waals surface area contributed by atoms with Crippen LogP contribution < -0.4 is 16.8 Å². The van der Waals surface area contributed by atoms with Crippen molar-refractivity contribution in [2.24, 2.45) is 0 Å². The van der Waals surface area contributed by atoms with Gasteiger partial charge >= 0.3 is 12.4 Å². The van der Waals surface area contributed by atoms with Gasteiger partial charge < -0.3 is 16.8 Å². The highest BCUT2D eigenvalue weighted by atomic mass is 35.5. The average Bonchev–Trinajstić information content (AvgIpc) is 2.71. The van der Waals surface area contributed by atoms with Crippen LogP contribution in [0, 0.1) is 0 Å². The number of nitrogen functional groups attached to an aromatic ring is 2. The summed E-state index contributed by atoms with van der Waals surface area (Å²) in [7, 11) is 0. The van der Waals surface area contributed by atoms with E-state index >= 15 is 0 Å². The number of nitrogens with one attached hydrogen (secondary N) is 1. The number of alkyl halides is 6. The highest BCUT2D eigenvalue weighted by molar-refractivity contribution is 7.99. The van der Waals surface area contributed by atoms with Crippen LogP contribution in [-0.2, 0) is 17.1 Å². The molecule has 0 radical (unpaired) electrons. The molecule has 12 heteroatoms. The summed E-state index contributed by atoms with van der Waals surface area (Å²) in [5.74, 6) is -0.174. The molecule has 0 aromatic heterocycles. The lowest BCUT2D eigenvalue weighted by Crippen LogP contribution is -2.05. The summed E-state index contributed by atoms with van der Waals surface area (Å²) in [4.78, 5) is 12.3. The van der Waals surface area contributed by atoms with Gasteiger partial charge in [-0.05, 0) is 60.7 Å². The molecule has 0 heterocycles. The third-order valence-electron chi connectivity index (χ3n) is 4.06. The molecule has 1 amide bonds. The maximum absolute atomic E-state index is 12.6. The van der Waals surface area contributed by atoms with Crippen molar-refractivity contribution in [3.63, 3.8) is 0 Å². The van der Waals surface area contributed by atoms with Gasteiger partial charge in [0.15, 0.2) is 0 Å². The van der Waals surface area contributed by atoms with Crippen LogP contribution >= 0.6 is 23.4 Å². The number of hydrogen-bond donors (Lipinski definition) is 3. The van der Waals surface area contributed by atoms with E-state index in [1.54, 1.807) is 24.3 Å². The molecular formula is C22H18ClF6N3OS. The SMILES string of the molecule is CC(=O)Nc1ccc(Sc2ccc(C(F)(F)F)cc2N)cc1.Nc1cc(C(F)(F)F)ccc1Cl. The maximum atomic E-state index is 12.6. The number of hydrogen-bond acceptors (Lipinski definition) is 4. The van der Waals surface area contributed by atoms with Crippen molar-refractivity contribution < 1.29 is 31.1 Å². The number of carbonyl (C=O) groups is 1. The predicted octanol–water partition coefficient (Wildman–Crippen LogP) is 7.34. The fraction of sp³-hybridized carbons (Fsp3) is 0.136. The van der Waals surface area contributed by atoms with Gasteiger partial charge in [0.25, 0.3) is 0 Å². The summed E-state index contributed by atoms with van der Waals surface area (Å²) in [5.41, 5.74) is 9.98. The van der Waals surface area contributed by atoms with E-state index in [1.165, 1.54) is 24.8 Å². The summed E-state index contributed by atoms with van der Waals surface area (Å²) >= 11 is 6.69. The molecule has 3 aromatic carbocycles. The molecule has 0 unspecified atom stereocenters. The van der Waals surface area contributed by atoms with Gasteiger partial charge in [0.2, 0.25) is 5.91 Å². The summed E-state index contributed by atoms with van der Waals surface area (Å²) in [6.45, 7) is 1.41. The molecule has 3 aromatic rings. The van der Waals surface area contributed by atoms with Crippen LogP contribution in [0.1, 0.15) is 18.1 Å². The molecule has 34 heavy (non-hydrogen) atoms. The second-order valence-corrected chi connectivity index (χ2v) is 8.31. The van der Waals surface area contributed by atoms with Gasteiger partial charge in [-0.3, -0.25) is 4.79 Å². The van der Waals surface area contributed by atoms with E-state index in [9.17, 15) is 31.1 Å². The van der Waals surface area contributed by atoms with Crippen LogP contribution in [0.25, 0.3) is 0 Å². The minimum absolute atomic E-state index is 0.0634. The predicted molar refractivity (Wildman–Crippen MR) is 122 cm³/mol. The molecule has 0 aliphatic rings. The third kappa shape index (κ3) is 8.07. The number of nitrogens with two attached hydrogens (primary N) is 2. The fourth-order valence-electron chi connectivity index (χ4n) is 2.47. The zero-order valence-electron chi connectivity index (χ0n) is 17.4. The standard InChI is InChI=1S/C15H13F3N2OS.C7H5ClF3N/c1-9(21)20-11-3-5-12(6-4-11)22-14-7-2-10(8-13(14)19)15(16,17)18;8-5-2-1-4(3-6(5)12)7(9,10)11/h2-8H,19H2,1H3,(H,20,21);1-3H,12H2. The summed E-state index contributed by atoms with van der Waals surface area (Å²) in [6, 6.07) is 13.0. The lowest BCUT2D eigenvalue weighted by Gasteiger charge is -2.11. The second-order valence-electron chi connectivity index (χ2n) is 6.79. The Hall–Kier alpha value is -3.05. The van der Waals surface area contributed by atoms with E-state index in [1.807, 2.05) is 0 Å². The van der Waals surface area contributed by atoms with E-state index in [0.29, 0.717) is 10.6 Å². The molecule has 0 atom stereocenters. The van der Waals surface area contributed by atoms with E-state index in [0.717, 1.165) is 35.2 Å². The van der Waals surface area contributed by atoms with Crippen LogP contribution in [0.3, 0.4) is 0 Å². The fourth-order valence-corrected chi connectivity index (χ4v) is 3.43. The first-order valence-electron chi connectivity index (χ1n) is 9.31. The normalized spacial score (nSPS) is 11.4. The smallest absolute Gasteiger partial charge is 0.398 e. The molecule has 0 aliphatic heterocycles. The van der Waals surface area contributed by atoms with E-state index < -0.39 is 23.5 Å². The number of anilines is 3. The van der Waals surface area contributed by atoms with Crippen molar-refractivity contribution in [3.05, 3.63) is 76.8 Å². The highest BCUT2D eigenvalue weighted by Gasteiger charge is 2.31. The van der Waals surface area contributed by atoms with Crippen LogP contribution in [0.4, 0.5) is 43.4 Å². The zero-order valence-corrected chi connectivity index (χ0v) is 19.0. The van der Waals surface area contributed by atoms with Crippen LogP contribution in [0.15, 0.2) is 70.5 Å². The first-order valence-corrected chi connectivity index (χ1v) is 10.5. The van der Waals surface area contributed by atoms with Gasteiger partial charge in [-0.1, -0.05) is 23.4 Å². The Morgan fingerprint density at radius 2 is 1.32 bits per heavy atom. The minimum atomic E-state index is -4.41. The maximum Gasteiger partial charge on any atom is 0.416 e. The lowest BCUT2D eigenvalue weighted by molar-refractivity contribution is -0.138. The number of halogens is 7. The zero-order chi connectivity index (χ0) is 25.7. The number of carbonyl (C=O) groups excluding carboxylic acids is 1. The Kier molecular flexibility index (Phi) is 8.73. The highest BCUT2D eigenvalue weighted by Crippen LogP contribution is 2.37. The molecule has 0 spiro atoms. The molecular weight excluding hydrogens is 504 g/mol. The average molecular weight is 522 g/mol. The molecule has 0 bridgehead atoms. The Morgan fingerprint density at radius 1 is 0.824 bits per heavy atom. The van der Waals surface area contributed by atoms with Crippen molar-refractivity contribution in [3.8, 4) is 0 Å². The quantitative estimate of drug-likeness (QED) is 0.249. The molecule has 4 nitrogen and oxygen atoms in total. The first kappa shape index (κ1) is 27.2. The number of rotatable bonds is 3. The summed E-state index contributed by atoms with van der Waals surface area (Å²) < 4.78 is 73.7. The third-order valence-corrected chi connectivity index (χ3v) is 5.51. The number of amides is 1. The van der Waals surface area contributed by atoms with Crippen molar-refractivity contribution >= 4 is 46.3 Å². The topological polar surface area (TPSA) is 81.1 Å². The van der Waals surface area contributed by atoms with Gasteiger partial charge in [-0.15, -0.1) is 0 Å². The van der Waals surface area contributed by atoms with E-state index in [2.05, 4.69) is 5.32 Å². The molecule has 182 valence electrons.